The molecule has 2 N–H and O–H groups in total. The van der Waals surface area contributed by atoms with Gasteiger partial charge < -0.3 is 20.1 Å². The summed E-state index contributed by atoms with van der Waals surface area (Å²) < 4.78 is 35.0. The molecule has 60 heavy (non-hydrogen) atoms. The van der Waals surface area contributed by atoms with Crippen LogP contribution < -0.4 is 10.6 Å². The average Bonchev–Trinajstić information content (AvgIpc) is 3.12. The number of sulfone groups is 1. The maximum Gasteiger partial charge on any atom is 0.307 e. The zero-order valence-corrected chi connectivity index (χ0v) is 37.1. The van der Waals surface area contributed by atoms with Gasteiger partial charge in [-0.2, -0.15) is 0 Å². The van der Waals surface area contributed by atoms with Crippen LogP contribution in [0.5, 0.6) is 0 Å². The molecular weight excluding hydrogens is 787 g/mol. The highest BCUT2D eigenvalue weighted by molar-refractivity contribution is 7.93. The van der Waals surface area contributed by atoms with Crippen LogP contribution in [0.1, 0.15) is 98.8 Å². The Morgan fingerprint density at radius 1 is 0.767 bits per heavy atom. The van der Waals surface area contributed by atoms with Crippen LogP contribution in [-0.4, -0.2) is 72.7 Å². The summed E-state index contributed by atoms with van der Waals surface area (Å²) in [6.45, 7) is 14.2. The lowest BCUT2D eigenvalue weighted by Gasteiger charge is -2.27. The van der Waals surface area contributed by atoms with E-state index < -0.39 is 87.7 Å². The average molecular weight is 848 g/mol. The Hall–Kier alpha value is -5.24. The number of aromatic nitrogens is 1. The monoisotopic (exact) mass is 847 g/mol. The summed E-state index contributed by atoms with van der Waals surface area (Å²) in [5, 5.41) is 7.35. The maximum atomic E-state index is 14.4. The minimum Gasteiger partial charge on any atom is -0.461 e. The molecule has 14 heteroatoms. The molecule has 2 aromatic carbocycles. The molecule has 4 atom stereocenters. The number of para-hydroxylation sites is 1. The van der Waals surface area contributed by atoms with Gasteiger partial charge in [-0.1, -0.05) is 95.3 Å². The van der Waals surface area contributed by atoms with Crippen LogP contribution in [0.25, 0.3) is 10.9 Å². The van der Waals surface area contributed by atoms with Gasteiger partial charge in [0.15, 0.2) is 15.6 Å². The van der Waals surface area contributed by atoms with Gasteiger partial charge in [0.2, 0.25) is 11.8 Å². The van der Waals surface area contributed by atoms with Crippen molar-refractivity contribution in [1.82, 2.24) is 15.6 Å². The SMILES string of the molecule is CC(C)[C@H](CC(=O)[C@H](Cc1ccc2ccccc2n1)NC(=O)[C@@H](CC(=O)OCc1ccccc1)CC(=O)OC(C)(C)C)C(=O)N[C@H](/C=C/S(C)(=O)=O)CC(=O)CC(C)(C)C. The van der Waals surface area contributed by atoms with Gasteiger partial charge in [-0.05, 0) is 49.8 Å². The highest BCUT2D eigenvalue weighted by Gasteiger charge is 2.35. The highest BCUT2D eigenvalue weighted by Crippen LogP contribution is 2.23. The first kappa shape index (κ1) is 49.1. The van der Waals surface area contributed by atoms with Crippen molar-refractivity contribution in [2.75, 3.05) is 6.26 Å². The Morgan fingerprint density at radius 2 is 1.40 bits per heavy atom. The molecule has 0 aliphatic carbocycles. The van der Waals surface area contributed by atoms with Gasteiger partial charge in [-0.25, -0.2) is 8.42 Å². The molecule has 3 rings (SSSR count). The van der Waals surface area contributed by atoms with Crippen molar-refractivity contribution in [1.29, 1.82) is 0 Å². The van der Waals surface area contributed by atoms with E-state index in [1.54, 1.807) is 65.0 Å². The van der Waals surface area contributed by atoms with Crippen LogP contribution >= 0.6 is 0 Å². The lowest BCUT2D eigenvalue weighted by Crippen LogP contribution is -2.48. The number of nitrogens with one attached hydrogen (secondary N) is 2. The number of hydrogen-bond donors (Lipinski definition) is 2. The Balaban J connectivity index is 1.94. The molecule has 0 fully saturated rings. The van der Waals surface area contributed by atoms with Crippen LogP contribution in [0, 0.1) is 23.2 Å². The van der Waals surface area contributed by atoms with E-state index >= 15 is 0 Å². The fourth-order valence-corrected chi connectivity index (χ4v) is 6.87. The minimum atomic E-state index is -3.60. The number of fused-ring (bicyclic) bond motifs is 1. The number of hydrogen-bond acceptors (Lipinski definition) is 11. The number of nitrogens with zero attached hydrogens (tertiary/aromatic N) is 1. The Morgan fingerprint density at radius 3 is 2.02 bits per heavy atom. The van der Waals surface area contributed by atoms with Gasteiger partial charge in [0.1, 0.15) is 18.0 Å². The number of rotatable bonds is 21. The van der Waals surface area contributed by atoms with Crippen molar-refractivity contribution in [3.63, 3.8) is 0 Å². The van der Waals surface area contributed by atoms with Gasteiger partial charge in [-0.3, -0.25) is 33.8 Å². The van der Waals surface area contributed by atoms with E-state index in [-0.39, 0.29) is 43.5 Å². The Kier molecular flexibility index (Phi) is 17.9. The first-order valence-corrected chi connectivity index (χ1v) is 22.1. The molecule has 0 spiro atoms. The molecule has 1 aromatic heterocycles. The summed E-state index contributed by atoms with van der Waals surface area (Å²) in [6, 6.07) is 17.7. The number of pyridine rings is 1. The molecule has 0 saturated heterocycles. The van der Waals surface area contributed by atoms with Crippen LogP contribution in [-0.2, 0) is 61.1 Å². The third-order valence-corrected chi connectivity index (χ3v) is 9.91. The normalized spacial score (nSPS) is 14.2. The summed E-state index contributed by atoms with van der Waals surface area (Å²) in [5.74, 6) is -6.17. The van der Waals surface area contributed by atoms with Gasteiger partial charge in [0.25, 0.3) is 0 Å². The number of benzene rings is 2. The van der Waals surface area contributed by atoms with Crippen molar-refractivity contribution in [2.45, 2.75) is 118 Å². The zero-order chi connectivity index (χ0) is 44.8. The van der Waals surface area contributed by atoms with Crippen LogP contribution in [0.4, 0.5) is 0 Å². The fourth-order valence-electron chi connectivity index (χ4n) is 6.40. The van der Waals surface area contributed by atoms with Crippen molar-refractivity contribution < 1.29 is 46.7 Å². The second kappa shape index (κ2) is 21.8. The van der Waals surface area contributed by atoms with Gasteiger partial charge >= 0.3 is 11.9 Å². The van der Waals surface area contributed by atoms with Gasteiger partial charge in [-0.15, -0.1) is 0 Å². The van der Waals surface area contributed by atoms with E-state index in [2.05, 4.69) is 10.6 Å². The lowest BCUT2D eigenvalue weighted by atomic mass is 9.86. The predicted octanol–water partition coefficient (Wildman–Crippen LogP) is 6.41. The molecule has 0 aliphatic rings. The molecule has 1 heterocycles. The van der Waals surface area contributed by atoms with Crippen molar-refractivity contribution in [3.05, 3.63) is 89.5 Å². The van der Waals surface area contributed by atoms with Crippen molar-refractivity contribution >= 4 is 56.1 Å². The zero-order valence-electron chi connectivity index (χ0n) is 36.3. The van der Waals surface area contributed by atoms with Gasteiger partial charge in [0, 0.05) is 54.3 Å². The number of ether oxygens (including phenoxy) is 2. The third-order valence-electron chi connectivity index (χ3n) is 9.26. The fraction of sp³-hybridized carbons (Fsp3) is 0.500. The molecule has 3 aromatic rings. The summed E-state index contributed by atoms with van der Waals surface area (Å²) >= 11 is 0. The van der Waals surface area contributed by atoms with E-state index in [4.69, 9.17) is 14.5 Å². The van der Waals surface area contributed by atoms with Crippen LogP contribution in [0.3, 0.4) is 0 Å². The second-order valence-electron chi connectivity index (χ2n) is 17.9. The second-order valence-corrected chi connectivity index (χ2v) is 19.8. The van der Waals surface area contributed by atoms with Gasteiger partial charge in [0.05, 0.1) is 36.4 Å². The quantitative estimate of drug-likeness (QED) is 0.113. The largest absolute Gasteiger partial charge is 0.461 e. The molecule has 0 saturated carbocycles. The standard InChI is InChI=1S/C46H61N3O10S/c1-30(2)37(44(55)48-35(21-22-60(9,56)57)25-36(50)28-45(3,4)5)27-40(51)39(26-34-20-19-32-17-13-14-18-38(32)47-34)49-43(54)33(24-42(53)59-46(6,7)8)23-41(52)58-29-31-15-11-10-12-16-31/h10-22,30,33,35,37,39H,23-29H2,1-9H3,(H,48,55)(H,49,54)/b22-21+/t33-,35+,37-,39-/m0/s1. The Labute approximate surface area is 354 Å². The highest BCUT2D eigenvalue weighted by atomic mass is 32.2. The summed E-state index contributed by atoms with van der Waals surface area (Å²) in [6.07, 6.45) is 0.898. The lowest BCUT2D eigenvalue weighted by molar-refractivity contribution is -0.158. The smallest absolute Gasteiger partial charge is 0.307 e. The minimum absolute atomic E-state index is 0.0521. The molecule has 0 bridgehead atoms. The van der Waals surface area contributed by atoms with Crippen LogP contribution in [0.2, 0.25) is 0 Å². The Bertz CT molecular complexity index is 2120. The first-order valence-electron chi connectivity index (χ1n) is 20.2. The molecule has 0 aliphatic heterocycles. The number of esters is 2. The van der Waals surface area contributed by atoms with E-state index in [0.29, 0.717) is 11.2 Å². The van der Waals surface area contributed by atoms with Crippen molar-refractivity contribution in [3.8, 4) is 0 Å². The number of Topliss-reactive ketones (excluding diaryl/α,β-unsaturated/α-hetero) is 2. The number of carbonyl (C=O) groups is 6. The van der Waals surface area contributed by atoms with E-state index in [1.165, 1.54) is 6.08 Å². The summed E-state index contributed by atoms with van der Waals surface area (Å²) in [4.78, 5) is 86.3. The number of carbonyl (C=O) groups excluding carboxylic acids is 6. The number of ketones is 2. The number of amides is 2. The molecule has 0 unspecified atom stereocenters. The molecule has 326 valence electrons. The molecule has 2 amide bonds. The summed E-state index contributed by atoms with van der Waals surface area (Å²) in [7, 11) is -3.60. The van der Waals surface area contributed by atoms with E-state index in [1.807, 2.05) is 57.2 Å². The van der Waals surface area contributed by atoms with E-state index in [0.717, 1.165) is 22.6 Å². The third kappa shape index (κ3) is 18.4. The maximum absolute atomic E-state index is 14.4. The van der Waals surface area contributed by atoms with Crippen LogP contribution in [0.15, 0.2) is 78.2 Å². The van der Waals surface area contributed by atoms with Crippen molar-refractivity contribution in [2.24, 2.45) is 23.2 Å². The molecular formula is C46H61N3O10S. The predicted molar refractivity (Wildman–Crippen MR) is 230 cm³/mol. The topological polar surface area (TPSA) is 192 Å². The first-order chi connectivity index (χ1) is 27.9. The summed E-state index contributed by atoms with van der Waals surface area (Å²) in [5.41, 5.74) is 0.632. The molecule has 0 radical (unpaired) electrons. The van der Waals surface area contributed by atoms with E-state index in [9.17, 15) is 37.2 Å². The molecule has 13 nitrogen and oxygen atoms in total.